The number of aliphatic hydroxyl groups is 8. The molecule has 0 radical (unpaired) electrons. The molecule has 2 saturated heterocycles. The van der Waals surface area contributed by atoms with Crippen LogP contribution in [0.4, 0.5) is 0 Å². The van der Waals surface area contributed by atoms with E-state index in [2.05, 4.69) is 60.1 Å². The Hall–Kier alpha value is -11.4. The van der Waals surface area contributed by atoms with Crippen molar-refractivity contribution in [2.45, 2.75) is 194 Å². The van der Waals surface area contributed by atoms with E-state index in [0.717, 1.165) is 99.2 Å². The molecule has 8 amide bonds. The van der Waals surface area contributed by atoms with Crippen LogP contribution in [-0.4, -0.2) is 228 Å². The third-order valence-corrected chi connectivity index (χ3v) is 23.6. The van der Waals surface area contributed by atoms with E-state index < -0.39 is 260 Å². The van der Waals surface area contributed by atoms with Gasteiger partial charge < -0.3 is 153 Å². The van der Waals surface area contributed by atoms with Gasteiger partial charge in [-0.05, 0) is 152 Å². The second-order valence-electron chi connectivity index (χ2n) is 31.9. The van der Waals surface area contributed by atoms with E-state index in [1.807, 2.05) is 0 Å². The first kappa shape index (κ1) is 94.2. The first-order chi connectivity index (χ1) is 61.5. The van der Waals surface area contributed by atoms with Crippen molar-refractivity contribution < 1.29 is 133 Å². The zero-order valence-corrected chi connectivity index (χ0v) is 70.9. The lowest BCUT2D eigenvalue weighted by molar-refractivity contribution is -0.277. The Labute approximate surface area is 743 Å². The summed E-state index contributed by atoms with van der Waals surface area (Å²) in [4.78, 5) is 125. The highest BCUT2D eigenvalue weighted by atomic mass is 35.5. The van der Waals surface area contributed by atoms with E-state index in [-0.39, 0.29) is 59.9 Å². The Kier molecular flexibility index (Phi) is 31.1. The van der Waals surface area contributed by atoms with Crippen LogP contribution in [0.1, 0.15) is 153 Å². The van der Waals surface area contributed by atoms with E-state index in [4.69, 9.17) is 62.1 Å². The Morgan fingerprint density at radius 3 is 1.85 bits per heavy atom. The molecule has 18 atom stereocenters. The molecular formula is C88H103Cl2N11O27. The normalized spacial score (nSPS) is 25.8. The standard InChI is InChI=1S/C88H103Cl2N11O27/c1-3-4-5-6-7-8-9-10-13-63(108)96-72-76(112)74(110)61(38-102)126-87(72)128-79-59-32-44-33-60(79)124-56-23-18-43(30-51(56)89)73(109)71-86(121)100-69(81(116)94-27-12-26-93-25-11-24-91)49-34-45(104)35-58(125-88-78(114)77(113)75(111)62(39-103)127-88)64(49)48-29-41(16-21-53(48)105)67(83(118)101-71)97-84(119)68(44)98-85(120)70-50-36-47(37-55(107)65(50)90)123-57-31-42(17-22-54(57)106)66(92-2)82(117)95-52(80(115)99-70)28-40-14-19-46(122-59)20-15-40/h14-23,29-37,52,61-62,66-78,87-88,92-93,102-107,109-114H,3-13,24-28,38-39,91H2,1-2H3,(H,94,116)(H,95,117)(H,96,108)(H,97,119)(H,98,120)(H,99,115)(H,100,121)(H,101,118)/t52-,61-,62-,66+,67-,68-,69+,70+,71+,72-,73-,74-,75-,76-,77+,78+,87+,88+/m1/s1. The minimum absolute atomic E-state index is 0.0755. The summed E-state index contributed by atoms with van der Waals surface area (Å²) in [5.74, 6) is -15.5. The number of hydrogen-bond donors (Lipinski definition) is 23. The number of nitrogens with two attached hydrogens (primary N) is 1. The van der Waals surface area contributed by atoms with Crippen LogP contribution < -0.4 is 82.6 Å². The Balaban J connectivity index is 1.04. The first-order valence-corrected chi connectivity index (χ1v) is 42.8. The summed E-state index contributed by atoms with van der Waals surface area (Å²) < 4.78 is 45.0. The number of halogens is 2. The number of amides is 8. The predicted octanol–water partition coefficient (Wildman–Crippen LogP) is 3.21. The van der Waals surface area contributed by atoms with Gasteiger partial charge in [0, 0.05) is 48.2 Å². The number of carbonyl (C=O) groups is 8. The number of aromatic hydroxyl groups is 4. The average Bonchev–Trinajstić information content (AvgIpc) is 0.756. The Bertz CT molecular complexity index is 5230. The van der Waals surface area contributed by atoms with Gasteiger partial charge in [0.2, 0.25) is 65.6 Å². The molecule has 24 N–H and O–H groups in total. The highest BCUT2D eigenvalue weighted by molar-refractivity contribution is 6.33. The van der Waals surface area contributed by atoms with Gasteiger partial charge in [0.25, 0.3) is 0 Å². The molecule has 128 heavy (non-hydrogen) atoms. The minimum atomic E-state index is -2.41. The fraction of sp³-hybridized carbons (Fsp3) is 0.432. The maximum absolute atomic E-state index is 16.8. The topological polar surface area (TPSA) is 590 Å². The van der Waals surface area contributed by atoms with Gasteiger partial charge in [-0.2, -0.15) is 0 Å². The van der Waals surface area contributed by atoms with Gasteiger partial charge in [0.05, 0.1) is 23.3 Å². The summed E-state index contributed by atoms with van der Waals surface area (Å²) in [6, 6.07) is 6.50. The van der Waals surface area contributed by atoms with E-state index >= 15 is 28.8 Å². The molecule has 0 saturated carbocycles. The third kappa shape index (κ3) is 21.4. The van der Waals surface area contributed by atoms with Crippen LogP contribution in [0.25, 0.3) is 11.1 Å². The number of carbonyl (C=O) groups excluding carboxylic acids is 8. The monoisotopic (exact) mass is 1820 g/mol. The molecule has 0 spiro atoms. The molecule has 8 aliphatic rings. The SMILES string of the molecule is CCCCCCCCCCC(=O)N[C@H]1[C@H](Oc2c3cc4cc2Oc2ccc(cc2Cl)[C@@H](O)[C@@H]2NC(=O)[C@H](NC(=O)[C@@H]4NC(=O)[C@H]4NC(=O)[C@@H](Cc5ccc(cc5)O3)NC(=O)[C@@H](NC)c3ccc(O)c(c3)Oc3cc(O)c(Cl)c4c3)c3ccc(O)c(c3)-c3c(O[C@H]4O[C@H](CO)[C@@H](O)[C@H](O)[C@@H]4O)cc(O)cc3[C@@H](C(=O)NCCCNCCCN)NC2=O)O[C@H](CO)[C@@H](O)[C@@H]1O. The quantitative estimate of drug-likeness (QED) is 0.0365. The highest BCUT2D eigenvalue weighted by Gasteiger charge is 2.50. The summed E-state index contributed by atoms with van der Waals surface area (Å²) >= 11 is 14.3. The van der Waals surface area contributed by atoms with Crippen LogP contribution in [0.15, 0.2) is 115 Å². The van der Waals surface area contributed by atoms with Gasteiger partial charge >= 0.3 is 0 Å². The molecule has 8 aliphatic heterocycles. The van der Waals surface area contributed by atoms with Gasteiger partial charge in [-0.3, -0.25) is 38.4 Å². The van der Waals surface area contributed by atoms with Crippen molar-refractivity contribution in [1.29, 1.82) is 0 Å². The summed E-state index contributed by atoms with van der Waals surface area (Å²) in [5.41, 5.74) is 3.22. The predicted molar refractivity (Wildman–Crippen MR) is 455 cm³/mol. The van der Waals surface area contributed by atoms with E-state index in [1.54, 1.807) is 0 Å². The molecule has 7 aromatic rings. The third-order valence-electron chi connectivity index (χ3n) is 22.9. The molecule has 0 aliphatic carbocycles. The van der Waals surface area contributed by atoms with Crippen LogP contribution in [-0.2, 0) is 54.3 Å². The first-order valence-electron chi connectivity index (χ1n) is 42.1. The van der Waals surface area contributed by atoms with Gasteiger partial charge in [-0.1, -0.05) is 105 Å². The summed E-state index contributed by atoms with van der Waals surface area (Å²) in [6.45, 7) is 1.31. The summed E-state index contributed by atoms with van der Waals surface area (Å²) in [6.07, 6.45) is -12.2. The lowest BCUT2D eigenvalue weighted by Gasteiger charge is -2.42. The maximum atomic E-state index is 16.8. The van der Waals surface area contributed by atoms with Crippen LogP contribution in [0.5, 0.6) is 69.0 Å². The van der Waals surface area contributed by atoms with Gasteiger partial charge in [-0.25, -0.2) is 0 Å². The molecule has 15 rings (SSSR count). The molecule has 40 heteroatoms. The maximum Gasteiger partial charge on any atom is 0.248 e. The zero-order valence-electron chi connectivity index (χ0n) is 69.4. The van der Waals surface area contributed by atoms with Gasteiger partial charge in [-0.15, -0.1) is 0 Å². The summed E-state index contributed by atoms with van der Waals surface area (Å²) in [7, 11) is 1.44. The second-order valence-corrected chi connectivity index (χ2v) is 32.7. The average molecular weight is 1820 g/mol. The van der Waals surface area contributed by atoms with Gasteiger partial charge in [0.15, 0.2) is 23.0 Å². The second kappa shape index (κ2) is 42.2. The van der Waals surface area contributed by atoms with Crippen LogP contribution in [0, 0.1) is 0 Å². The minimum Gasteiger partial charge on any atom is -0.508 e. The van der Waals surface area contributed by atoms with Crippen molar-refractivity contribution in [2.75, 3.05) is 46.4 Å². The molecule has 17 bridgehead atoms. The van der Waals surface area contributed by atoms with E-state index in [9.17, 15) is 70.9 Å². The number of nitrogens with one attached hydrogen (secondary N) is 10. The van der Waals surface area contributed by atoms with E-state index in [1.165, 1.54) is 61.6 Å². The van der Waals surface area contributed by atoms with Crippen molar-refractivity contribution in [3.8, 4) is 80.1 Å². The number of aliphatic hydroxyl groups excluding tert-OH is 8. The molecule has 0 unspecified atom stereocenters. The number of fused-ring (bicyclic) bond motifs is 14. The number of phenols is 4. The van der Waals surface area contributed by atoms with E-state index in [0.29, 0.717) is 44.5 Å². The van der Waals surface area contributed by atoms with Crippen molar-refractivity contribution in [3.63, 3.8) is 0 Å². The van der Waals surface area contributed by atoms with Crippen molar-refractivity contribution in [3.05, 3.63) is 164 Å². The number of unbranched alkanes of at least 4 members (excludes halogenated alkanes) is 7. The highest BCUT2D eigenvalue weighted by Crippen LogP contribution is 2.51. The fourth-order valence-electron chi connectivity index (χ4n) is 16.0. The van der Waals surface area contributed by atoms with Crippen molar-refractivity contribution in [2.24, 2.45) is 5.73 Å². The van der Waals surface area contributed by atoms with Crippen molar-refractivity contribution >= 4 is 70.5 Å². The summed E-state index contributed by atoms with van der Waals surface area (Å²) in [5, 5.41) is 165. The fourth-order valence-corrected chi connectivity index (χ4v) is 16.4. The molecule has 38 nitrogen and oxygen atoms in total. The van der Waals surface area contributed by atoms with Crippen LogP contribution in [0.2, 0.25) is 10.0 Å². The zero-order chi connectivity index (χ0) is 91.5. The lowest BCUT2D eigenvalue weighted by Crippen LogP contribution is -2.65. The number of rotatable bonds is 25. The molecule has 2 fully saturated rings. The Morgan fingerprint density at radius 1 is 0.523 bits per heavy atom. The molecular weight excluding hydrogens is 1710 g/mol. The van der Waals surface area contributed by atoms with Gasteiger partial charge in [0.1, 0.15) is 137 Å². The van der Waals surface area contributed by atoms with Crippen LogP contribution in [0.3, 0.4) is 0 Å². The molecule has 686 valence electrons. The van der Waals surface area contributed by atoms with Crippen LogP contribution >= 0.6 is 23.2 Å². The number of phenolic OH excluding ortho intramolecular Hbond substituents is 4. The number of benzene rings is 7. The largest absolute Gasteiger partial charge is 0.508 e. The number of ether oxygens (including phenoxy) is 7. The molecule has 0 aromatic heterocycles. The number of likely N-dealkylation sites (N-methyl/N-ethyl adjacent to an activating group) is 1. The molecule has 7 aromatic carbocycles. The Morgan fingerprint density at radius 2 is 1.15 bits per heavy atom. The lowest BCUT2D eigenvalue weighted by atomic mass is 9.89. The number of hydrogen-bond acceptors (Lipinski definition) is 30. The molecule has 8 heterocycles. The smallest absolute Gasteiger partial charge is 0.248 e. The van der Waals surface area contributed by atoms with Crippen molar-refractivity contribution in [1.82, 2.24) is 53.2 Å².